The van der Waals surface area contributed by atoms with E-state index in [-0.39, 0.29) is 5.56 Å². The SMILES string of the molecule is N#Cc1ccc(-n2c(SCc3coc(-c4cccc(Cl)c4)n3)nc3ccccc3c2=O)cc1. The maximum absolute atomic E-state index is 13.3. The number of para-hydroxylation sites is 1. The van der Waals surface area contributed by atoms with Gasteiger partial charge in [-0.2, -0.15) is 5.26 Å². The van der Waals surface area contributed by atoms with Gasteiger partial charge in [-0.3, -0.25) is 9.36 Å². The summed E-state index contributed by atoms with van der Waals surface area (Å²) in [6, 6.07) is 23.5. The highest BCUT2D eigenvalue weighted by atomic mass is 35.5. The Hall–Kier alpha value is -3.86. The zero-order chi connectivity index (χ0) is 22.8. The number of hydrogen-bond acceptors (Lipinski definition) is 6. The summed E-state index contributed by atoms with van der Waals surface area (Å²) in [5.41, 5.74) is 3.11. The molecule has 0 aliphatic heterocycles. The van der Waals surface area contributed by atoms with E-state index in [2.05, 4.69) is 11.1 Å². The largest absolute Gasteiger partial charge is 0.444 e. The molecule has 0 aliphatic rings. The Morgan fingerprint density at radius 2 is 1.85 bits per heavy atom. The summed E-state index contributed by atoms with van der Waals surface area (Å²) >= 11 is 7.45. The standard InChI is InChI=1S/C25H15ClN4O2S/c26-18-5-3-4-17(12-18)23-28-19(14-32-23)15-33-25-29-22-7-2-1-6-21(22)24(31)30(25)20-10-8-16(13-27)9-11-20/h1-12,14H,15H2. The number of hydrogen-bond donors (Lipinski definition) is 0. The lowest BCUT2D eigenvalue weighted by atomic mass is 10.2. The van der Waals surface area contributed by atoms with Crippen LogP contribution in [-0.4, -0.2) is 14.5 Å². The van der Waals surface area contributed by atoms with Crippen molar-refractivity contribution in [1.29, 1.82) is 5.26 Å². The summed E-state index contributed by atoms with van der Waals surface area (Å²) in [4.78, 5) is 22.6. The number of oxazole rings is 1. The molecule has 33 heavy (non-hydrogen) atoms. The number of halogens is 1. The van der Waals surface area contributed by atoms with Crippen molar-refractivity contribution >= 4 is 34.3 Å². The van der Waals surface area contributed by atoms with Gasteiger partial charge in [0.1, 0.15) is 6.26 Å². The Balaban J connectivity index is 1.51. The van der Waals surface area contributed by atoms with Gasteiger partial charge in [0.2, 0.25) is 5.89 Å². The lowest BCUT2D eigenvalue weighted by Gasteiger charge is -2.13. The van der Waals surface area contributed by atoms with Crippen molar-refractivity contribution in [2.75, 3.05) is 0 Å². The van der Waals surface area contributed by atoms with Crippen LogP contribution in [0.4, 0.5) is 0 Å². The second kappa shape index (κ2) is 8.94. The Morgan fingerprint density at radius 3 is 2.64 bits per heavy atom. The third-order valence-electron chi connectivity index (χ3n) is 4.97. The monoisotopic (exact) mass is 470 g/mol. The number of aromatic nitrogens is 3. The van der Waals surface area contributed by atoms with E-state index in [4.69, 9.17) is 26.3 Å². The molecular formula is C25H15ClN4O2S. The van der Waals surface area contributed by atoms with Gasteiger partial charge >= 0.3 is 0 Å². The van der Waals surface area contributed by atoms with Crippen molar-refractivity contribution in [3.8, 4) is 23.2 Å². The van der Waals surface area contributed by atoms with Crippen LogP contribution >= 0.6 is 23.4 Å². The summed E-state index contributed by atoms with van der Waals surface area (Å²) < 4.78 is 7.19. The molecule has 0 unspecified atom stereocenters. The predicted molar refractivity (Wildman–Crippen MR) is 129 cm³/mol. The molecule has 0 saturated carbocycles. The molecule has 0 saturated heterocycles. The average molecular weight is 471 g/mol. The van der Waals surface area contributed by atoms with Crippen molar-refractivity contribution in [3.63, 3.8) is 0 Å². The van der Waals surface area contributed by atoms with Gasteiger partial charge in [-0.05, 0) is 54.6 Å². The zero-order valence-corrected chi connectivity index (χ0v) is 18.7. The van der Waals surface area contributed by atoms with Gasteiger partial charge < -0.3 is 4.42 Å². The van der Waals surface area contributed by atoms with Gasteiger partial charge in [-0.25, -0.2) is 9.97 Å². The Labute approximate surface area is 198 Å². The van der Waals surface area contributed by atoms with Crippen LogP contribution in [0.2, 0.25) is 5.02 Å². The van der Waals surface area contributed by atoms with Gasteiger partial charge in [-0.1, -0.05) is 41.6 Å². The van der Waals surface area contributed by atoms with Crippen molar-refractivity contribution < 1.29 is 4.42 Å². The van der Waals surface area contributed by atoms with E-state index in [9.17, 15) is 4.79 Å². The van der Waals surface area contributed by atoms with Crippen LogP contribution in [0.5, 0.6) is 0 Å². The van der Waals surface area contributed by atoms with Crippen LogP contribution in [0, 0.1) is 11.3 Å². The van der Waals surface area contributed by atoms with Gasteiger partial charge in [-0.15, -0.1) is 0 Å². The third kappa shape index (κ3) is 4.27. The highest BCUT2D eigenvalue weighted by molar-refractivity contribution is 7.98. The molecule has 0 bridgehead atoms. The predicted octanol–water partition coefficient (Wildman–Crippen LogP) is 5.86. The van der Waals surface area contributed by atoms with Crippen LogP contribution in [0.3, 0.4) is 0 Å². The number of nitrogens with zero attached hydrogens (tertiary/aromatic N) is 4. The molecule has 0 atom stereocenters. The van der Waals surface area contributed by atoms with Crippen LogP contribution in [0.15, 0.2) is 93.4 Å². The number of fused-ring (bicyclic) bond motifs is 1. The van der Waals surface area contributed by atoms with Gasteiger partial charge in [0.05, 0.1) is 33.9 Å². The fraction of sp³-hybridized carbons (Fsp3) is 0.0400. The van der Waals surface area contributed by atoms with Crippen LogP contribution < -0.4 is 5.56 Å². The summed E-state index contributed by atoms with van der Waals surface area (Å²) in [5.74, 6) is 0.926. The number of nitriles is 1. The average Bonchev–Trinajstić information content (AvgIpc) is 3.32. The summed E-state index contributed by atoms with van der Waals surface area (Å²) in [5, 5.41) is 10.8. The molecule has 0 amide bonds. The quantitative estimate of drug-likeness (QED) is 0.236. The molecule has 0 radical (unpaired) electrons. The minimum absolute atomic E-state index is 0.174. The fourth-order valence-corrected chi connectivity index (χ4v) is 4.47. The first-order valence-corrected chi connectivity index (χ1v) is 11.3. The molecule has 3 aromatic carbocycles. The third-order valence-corrected chi connectivity index (χ3v) is 6.18. The van der Waals surface area contributed by atoms with Gasteiger partial charge in [0, 0.05) is 16.3 Å². The molecular weight excluding hydrogens is 456 g/mol. The molecule has 5 rings (SSSR count). The molecule has 0 fully saturated rings. The van der Waals surface area contributed by atoms with E-state index in [1.54, 1.807) is 53.3 Å². The Kier molecular flexibility index (Phi) is 5.69. The van der Waals surface area contributed by atoms with Gasteiger partial charge in [0.25, 0.3) is 5.56 Å². The summed E-state index contributed by atoms with van der Waals surface area (Å²) in [6.07, 6.45) is 1.59. The molecule has 160 valence electrons. The highest BCUT2D eigenvalue weighted by Gasteiger charge is 2.15. The normalized spacial score (nSPS) is 10.9. The van der Waals surface area contributed by atoms with Crippen molar-refractivity contribution in [2.45, 2.75) is 10.9 Å². The van der Waals surface area contributed by atoms with Crippen LogP contribution in [0.25, 0.3) is 28.0 Å². The molecule has 2 aromatic heterocycles. The lowest BCUT2D eigenvalue weighted by Crippen LogP contribution is -2.21. The first-order valence-electron chi connectivity index (χ1n) is 9.98. The second-order valence-corrected chi connectivity index (χ2v) is 8.53. The fourth-order valence-electron chi connectivity index (χ4n) is 3.39. The maximum Gasteiger partial charge on any atom is 0.266 e. The topological polar surface area (TPSA) is 84.7 Å². The number of rotatable bonds is 5. The maximum atomic E-state index is 13.3. The molecule has 6 nitrogen and oxygen atoms in total. The first kappa shape index (κ1) is 21.0. The molecule has 0 aliphatic carbocycles. The molecule has 2 heterocycles. The first-order chi connectivity index (χ1) is 16.1. The van der Waals surface area contributed by atoms with Gasteiger partial charge in [0.15, 0.2) is 5.16 Å². The minimum Gasteiger partial charge on any atom is -0.444 e. The van der Waals surface area contributed by atoms with E-state index >= 15 is 0 Å². The smallest absolute Gasteiger partial charge is 0.266 e. The van der Waals surface area contributed by atoms with E-state index in [0.717, 1.165) is 5.56 Å². The summed E-state index contributed by atoms with van der Waals surface area (Å²) in [7, 11) is 0. The number of benzene rings is 3. The van der Waals surface area contributed by atoms with E-state index in [1.807, 2.05) is 30.3 Å². The molecule has 0 N–H and O–H groups in total. The molecule has 5 aromatic rings. The Bertz CT molecular complexity index is 1570. The molecule has 0 spiro atoms. The van der Waals surface area contributed by atoms with Crippen molar-refractivity contribution in [2.24, 2.45) is 0 Å². The minimum atomic E-state index is -0.174. The number of thioether (sulfide) groups is 1. The van der Waals surface area contributed by atoms with E-state index < -0.39 is 0 Å². The van der Waals surface area contributed by atoms with E-state index in [0.29, 0.717) is 49.7 Å². The zero-order valence-electron chi connectivity index (χ0n) is 17.1. The summed E-state index contributed by atoms with van der Waals surface area (Å²) in [6.45, 7) is 0. The lowest BCUT2D eigenvalue weighted by molar-refractivity contribution is 0.573. The molecule has 8 heteroatoms. The Morgan fingerprint density at radius 1 is 1.03 bits per heavy atom. The van der Waals surface area contributed by atoms with Crippen LogP contribution in [0.1, 0.15) is 11.3 Å². The van der Waals surface area contributed by atoms with Crippen molar-refractivity contribution in [1.82, 2.24) is 14.5 Å². The van der Waals surface area contributed by atoms with Crippen LogP contribution in [-0.2, 0) is 5.75 Å². The van der Waals surface area contributed by atoms with Crippen molar-refractivity contribution in [3.05, 3.63) is 106 Å². The second-order valence-electron chi connectivity index (χ2n) is 7.15. The highest BCUT2D eigenvalue weighted by Crippen LogP contribution is 2.27. The van der Waals surface area contributed by atoms with E-state index in [1.165, 1.54) is 11.8 Å².